The van der Waals surface area contributed by atoms with Gasteiger partial charge in [0.15, 0.2) is 0 Å². The molecule has 1 heterocycles. The number of aryl methyl sites for hydroxylation is 1. The third-order valence-electron chi connectivity index (χ3n) is 3.69. The fourth-order valence-electron chi connectivity index (χ4n) is 2.54. The van der Waals surface area contributed by atoms with Gasteiger partial charge in [-0.05, 0) is 43.0 Å². The van der Waals surface area contributed by atoms with Gasteiger partial charge in [0.25, 0.3) is 0 Å². The standard InChI is InChI=1S/C13H20N2O3S/c1-9-7-10(18-2)3-5-12(9)13-6-4-11(8-15-13)19(14,16)17/h3,5,7,11,13,15H,4,6,8H2,1-2H3,(H2,14,16,17). The number of nitrogens with two attached hydrogens (primary N) is 1. The van der Waals surface area contributed by atoms with E-state index in [1.54, 1.807) is 7.11 Å². The minimum Gasteiger partial charge on any atom is -0.497 e. The van der Waals surface area contributed by atoms with Gasteiger partial charge in [0.05, 0.1) is 12.4 Å². The highest BCUT2D eigenvalue weighted by molar-refractivity contribution is 7.89. The fraction of sp³-hybridized carbons (Fsp3) is 0.538. The third kappa shape index (κ3) is 3.26. The number of ether oxygens (including phenoxy) is 1. The van der Waals surface area contributed by atoms with Crippen LogP contribution < -0.4 is 15.2 Å². The van der Waals surface area contributed by atoms with Crippen molar-refractivity contribution in [3.63, 3.8) is 0 Å². The summed E-state index contributed by atoms with van der Waals surface area (Å²) in [5.41, 5.74) is 2.33. The molecule has 1 fully saturated rings. The zero-order valence-electron chi connectivity index (χ0n) is 11.2. The second-order valence-electron chi connectivity index (χ2n) is 4.97. The van der Waals surface area contributed by atoms with Crippen LogP contribution in [0.2, 0.25) is 0 Å². The Labute approximate surface area is 114 Å². The smallest absolute Gasteiger partial charge is 0.213 e. The van der Waals surface area contributed by atoms with Crippen LogP contribution in [0.15, 0.2) is 18.2 Å². The van der Waals surface area contributed by atoms with Crippen molar-refractivity contribution in [3.8, 4) is 5.75 Å². The first-order valence-electron chi connectivity index (χ1n) is 6.31. The van der Waals surface area contributed by atoms with Crippen LogP contribution in [0.5, 0.6) is 5.75 Å². The number of rotatable bonds is 3. The monoisotopic (exact) mass is 284 g/mol. The predicted octanol–water partition coefficient (Wildman–Crippen LogP) is 1.09. The summed E-state index contributed by atoms with van der Waals surface area (Å²) in [6, 6.07) is 6.13. The minimum absolute atomic E-state index is 0.184. The Morgan fingerprint density at radius 1 is 1.37 bits per heavy atom. The highest BCUT2D eigenvalue weighted by atomic mass is 32.2. The molecule has 0 amide bonds. The first-order chi connectivity index (χ1) is 8.91. The van der Waals surface area contributed by atoms with E-state index in [1.165, 1.54) is 5.56 Å². The lowest BCUT2D eigenvalue weighted by molar-refractivity contribution is 0.402. The number of benzene rings is 1. The Kier molecular flexibility index (Phi) is 4.13. The summed E-state index contributed by atoms with van der Waals surface area (Å²) >= 11 is 0. The van der Waals surface area contributed by atoms with Crippen LogP contribution >= 0.6 is 0 Å². The van der Waals surface area contributed by atoms with E-state index >= 15 is 0 Å². The van der Waals surface area contributed by atoms with E-state index in [4.69, 9.17) is 9.88 Å². The second kappa shape index (κ2) is 5.48. The lowest BCUT2D eigenvalue weighted by atomic mass is 9.94. The highest BCUT2D eigenvalue weighted by Gasteiger charge is 2.29. The molecule has 106 valence electrons. The van der Waals surface area contributed by atoms with Crippen LogP contribution in [0.3, 0.4) is 0 Å². The van der Waals surface area contributed by atoms with Gasteiger partial charge >= 0.3 is 0 Å². The molecule has 0 saturated carbocycles. The van der Waals surface area contributed by atoms with Crippen LogP contribution in [-0.4, -0.2) is 27.3 Å². The molecule has 6 heteroatoms. The van der Waals surface area contributed by atoms with Gasteiger partial charge in [0.1, 0.15) is 5.75 Å². The maximum atomic E-state index is 11.3. The summed E-state index contributed by atoms with van der Waals surface area (Å²) in [5, 5.41) is 7.98. The third-order valence-corrected chi connectivity index (χ3v) is 5.02. The van der Waals surface area contributed by atoms with E-state index in [-0.39, 0.29) is 6.04 Å². The highest BCUT2D eigenvalue weighted by Crippen LogP contribution is 2.29. The quantitative estimate of drug-likeness (QED) is 0.870. The van der Waals surface area contributed by atoms with Gasteiger partial charge in [0.2, 0.25) is 10.0 Å². The number of primary sulfonamides is 1. The lowest BCUT2D eigenvalue weighted by Crippen LogP contribution is -2.43. The summed E-state index contributed by atoms with van der Waals surface area (Å²) in [6.45, 7) is 2.44. The average molecular weight is 284 g/mol. The molecule has 0 aliphatic carbocycles. The van der Waals surface area contributed by atoms with Gasteiger partial charge in [-0.25, -0.2) is 13.6 Å². The van der Waals surface area contributed by atoms with Crippen molar-refractivity contribution in [3.05, 3.63) is 29.3 Å². The molecule has 1 aliphatic rings. The summed E-state index contributed by atoms with van der Waals surface area (Å²) in [5.74, 6) is 0.833. The van der Waals surface area contributed by atoms with E-state index in [2.05, 4.69) is 5.32 Å². The fourth-order valence-corrected chi connectivity index (χ4v) is 3.34. The predicted molar refractivity (Wildman–Crippen MR) is 74.6 cm³/mol. The van der Waals surface area contributed by atoms with Crippen molar-refractivity contribution < 1.29 is 13.2 Å². The maximum absolute atomic E-state index is 11.3. The Hall–Kier alpha value is -1.11. The number of sulfonamides is 1. The first kappa shape index (κ1) is 14.3. The Balaban J connectivity index is 2.10. The van der Waals surface area contributed by atoms with Crippen LogP contribution in [0.1, 0.15) is 30.0 Å². The molecule has 19 heavy (non-hydrogen) atoms. The summed E-state index contributed by atoms with van der Waals surface area (Å²) in [4.78, 5) is 0. The van der Waals surface area contributed by atoms with E-state index < -0.39 is 15.3 Å². The molecule has 1 saturated heterocycles. The van der Waals surface area contributed by atoms with Crippen LogP contribution in [0, 0.1) is 6.92 Å². The molecule has 0 radical (unpaired) electrons. The number of nitrogens with one attached hydrogen (secondary N) is 1. The largest absolute Gasteiger partial charge is 0.497 e. The van der Waals surface area contributed by atoms with Crippen LogP contribution in [0.4, 0.5) is 0 Å². The van der Waals surface area contributed by atoms with Gasteiger partial charge < -0.3 is 10.1 Å². The zero-order valence-corrected chi connectivity index (χ0v) is 12.0. The van der Waals surface area contributed by atoms with Gasteiger partial charge in [0, 0.05) is 12.6 Å². The normalized spacial score (nSPS) is 24.2. The molecular formula is C13H20N2O3S. The molecule has 1 aromatic carbocycles. The number of hydrogen-bond donors (Lipinski definition) is 2. The van der Waals surface area contributed by atoms with Crippen molar-refractivity contribution >= 4 is 10.0 Å². The molecule has 5 nitrogen and oxygen atoms in total. The molecule has 1 aliphatic heterocycles. The second-order valence-corrected chi connectivity index (χ2v) is 6.82. The van der Waals surface area contributed by atoms with Crippen LogP contribution in [-0.2, 0) is 10.0 Å². The van der Waals surface area contributed by atoms with E-state index in [1.807, 2.05) is 25.1 Å². The molecule has 0 spiro atoms. The zero-order chi connectivity index (χ0) is 14.0. The van der Waals surface area contributed by atoms with Crippen molar-refractivity contribution in [2.75, 3.05) is 13.7 Å². The molecule has 1 aromatic rings. The Morgan fingerprint density at radius 3 is 2.58 bits per heavy atom. The molecule has 2 unspecified atom stereocenters. The van der Waals surface area contributed by atoms with Gasteiger partial charge in [-0.3, -0.25) is 0 Å². The van der Waals surface area contributed by atoms with Crippen molar-refractivity contribution in [2.24, 2.45) is 5.14 Å². The Morgan fingerprint density at radius 2 is 2.11 bits per heavy atom. The van der Waals surface area contributed by atoms with Crippen molar-refractivity contribution in [1.29, 1.82) is 0 Å². The summed E-state index contributed by atoms with van der Waals surface area (Å²) in [6.07, 6.45) is 1.37. The SMILES string of the molecule is COc1ccc(C2CCC(S(N)(=O)=O)CN2)c(C)c1. The van der Waals surface area contributed by atoms with Crippen LogP contribution in [0.25, 0.3) is 0 Å². The van der Waals surface area contributed by atoms with E-state index in [0.717, 1.165) is 17.7 Å². The minimum atomic E-state index is -3.43. The topological polar surface area (TPSA) is 81.4 Å². The molecule has 2 rings (SSSR count). The molecule has 0 aromatic heterocycles. The molecule has 0 bridgehead atoms. The van der Waals surface area contributed by atoms with Gasteiger partial charge in [-0.2, -0.15) is 0 Å². The Bertz CT molecular complexity index is 549. The van der Waals surface area contributed by atoms with Gasteiger partial charge in [-0.15, -0.1) is 0 Å². The summed E-state index contributed by atoms with van der Waals surface area (Å²) < 4.78 is 27.8. The van der Waals surface area contributed by atoms with Gasteiger partial charge in [-0.1, -0.05) is 6.07 Å². The van der Waals surface area contributed by atoms with Crippen molar-refractivity contribution in [2.45, 2.75) is 31.1 Å². The number of hydrogen-bond acceptors (Lipinski definition) is 4. The van der Waals surface area contributed by atoms with E-state index in [9.17, 15) is 8.42 Å². The summed E-state index contributed by atoms with van der Waals surface area (Å²) in [7, 11) is -1.79. The van der Waals surface area contributed by atoms with Crippen molar-refractivity contribution in [1.82, 2.24) is 5.32 Å². The average Bonchev–Trinajstić information content (AvgIpc) is 2.37. The molecular weight excluding hydrogens is 264 g/mol. The maximum Gasteiger partial charge on any atom is 0.213 e. The number of piperidine rings is 1. The molecule has 2 atom stereocenters. The lowest BCUT2D eigenvalue weighted by Gasteiger charge is -2.29. The number of methoxy groups -OCH3 is 1. The van der Waals surface area contributed by atoms with E-state index in [0.29, 0.717) is 13.0 Å². The molecule has 3 N–H and O–H groups in total. The first-order valence-corrected chi connectivity index (χ1v) is 7.92.